The van der Waals surface area contributed by atoms with Crippen molar-refractivity contribution in [2.75, 3.05) is 19.8 Å². The van der Waals surface area contributed by atoms with E-state index < -0.39 is 0 Å². The molecule has 32 heavy (non-hydrogen) atoms. The van der Waals surface area contributed by atoms with Crippen molar-refractivity contribution in [2.45, 2.75) is 57.9 Å². The Kier molecular flexibility index (Phi) is 5.91. The first-order valence-corrected chi connectivity index (χ1v) is 11.9. The van der Waals surface area contributed by atoms with Gasteiger partial charge in [0.05, 0.1) is 0 Å². The monoisotopic (exact) mass is 435 g/mol. The molecule has 7 nitrogen and oxygen atoms in total. The van der Waals surface area contributed by atoms with Crippen LogP contribution >= 0.6 is 0 Å². The second-order valence-corrected chi connectivity index (χ2v) is 9.24. The minimum atomic E-state index is 0.00733. The minimum Gasteiger partial charge on any atom is -0.471 e. The van der Waals surface area contributed by atoms with Crippen LogP contribution in [0.15, 0.2) is 47.2 Å². The average molecular weight is 436 g/mol. The predicted octanol–water partition coefficient (Wildman–Crippen LogP) is 3.13. The number of nitrogens with one attached hydrogen (secondary N) is 2. The topological polar surface area (TPSA) is 69.2 Å². The van der Waals surface area contributed by atoms with Gasteiger partial charge in [-0.2, -0.15) is 0 Å². The third-order valence-electron chi connectivity index (χ3n) is 6.94. The van der Waals surface area contributed by atoms with Crippen molar-refractivity contribution in [2.24, 2.45) is 10.9 Å². The maximum Gasteiger partial charge on any atom is 0.254 e. The molecule has 1 aromatic rings. The zero-order chi connectivity index (χ0) is 22.1. The Bertz CT molecular complexity index is 934. The molecule has 2 fully saturated rings. The molecule has 4 aliphatic rings. The average Bonchev–Trinajstić information content (AvgIpc) is 3.51. The quantitative estimate of drug-likeness (QED) is 0.719. The molecule has 1 saturated heterocycles. The lowest BCUT2D eigenvalue weighted by atomic mass is 9.91. The van der Waals surface area contributed by atoms with E-state index in [0.717, 1.165) is 55.7 Å². The van der Waals surface area contributed by atoms with Gasteiger partial charge in [-0.25, -0.2) is 0 Å². The van der Waals surface area contributed by atoms with Crippen molar-refractivity contribution in [3.8, 4) is 0 Å². The highest BCUT2D eigenvalue weighted by molar-refractivity contribution is 5.95. The molecule has 0 bridgehead atoms. The Morgan fingerprint density at radius 2 is 2.03 bits per heavy atom. The number of allylic oxidation sites excluding steroid dienone is 1. The van der Waals surface area contributed by atoms with Gasteiger partial charge in [-0.1, -0.05) is 26.0 Å². The number of rotatable bonds is 6. The summed E-state index contributed by atoms with van der Waals surface area (Å²) in [6.45, 7) is 6.79. The number of likely N-dealkylation sites (tertiary alicyclic amines) is 1. The molecule has 0 spiro atoms. The molecule has 1 amide bonds. The number of amides is 1. The van der Waals surface area contributed by atoms with Crippen LogP contribution in [0.25, 0.3) is 5.76 Å². The lowest BCUT2D eigenvalue weighted by Gasteiger charge is -2.44. The molecule has 3 heterocycles. The van der Waals surface area contributed by atoms with Crippen LogP contribution in [0, 0.1) is 5.92 Å². The summed E-state index contributed by atoms with van der Waals surface area (Å²) in [6, 6.07) is 8.49. The SMILES string of the molecule is CCC1=CNC(N2CCC(N(C(=O)c3ccc(C4=CNCO4)cc3)C3CC3)C(C)C2)N=C1. The second-order valence-electron chi connectivity index (χ2n) is 9.24. The maximum absolute atomic E-state index is 13.6. The van der Waals surface area contributed by atoms with Crippen LogP contribution < -0.4 is 10.6 Å². The summed E-state index contributed by atoms with van der Waals surface area (Å²) in [6.07, 6.45) is 10.1. The minimum absolute atomic E-state index is 0.00733. The van der Waals surface area contributed by atoms with E-state index in [-0.39, 0.29) is 18.2 Å². The third-order valence-corrected chi connectivity index (χ3v) is 6.94. The number of carbonyl (C=O) groups excluding carboxylic acids is 1. The molecule has 7 heteroatoms. The molecule has 0 radical (unpaired) electrons. The molecule has 0 aromatic heterocycles. The zero-order valence-corrected chi connectivity index (χ0v) is 19.0. The number of aliphatic imine (C=N–C) groups is 1. The molecular formula is C25H33N5O2. The van der Waals surface area contributed by atoms with E-state index in [1.54, 1.807) is 0 Å². The summed E-state index contributed by atoms with van der Waals surface area (Å²) in [5.41, 5.74) is 2.98. The number of benzene rings is 1. The van der Waals surface area contributed by atoms with Crippen molar-refractivity contribution in [3.05, 3.63) is 53.4 Å². The second kappa shape index (κ2) is 8.98. The summed E-state index contributed by atoms with van der Waals surface area (Å²) >= 11 is 0. The predicted molar refractivity (Wildman–Crippen MR) is 126 cm³/mol. The largest absolute Gasteiger partial charge is 0.471 e. The maximum atomic E-state index is 13.6. The van der Waals surface area contributed by atoms with E-state index >= 15 is 0 Å². The summed E-state index contributed by atoms with van der Waals surface area (Å²) in [5, 5.41) is 6.48. The van der Waals surface area contributed by atoms with Crippen LogP contribution in [-0.2, 0) is 4.74 Å². The lowest BCUT2D eigenvalue weighted by Crippen LogP contribution is -2.56. The van der Waals surface area contributed by atoms with Crippen LogP contribution in [0.2, 0.25) is 0 Å². The molecule has 1 aliphatic carbocycles. The van der Waals surface area contributed by atoms with Gasteiger partial charge in [0, 0.05) is 54.9 Å². The summed E-state index contributed by atoms with van der Waals surface area (Å²) in [7, 11) is 0. The summed E-state index contributed by atoms with van der Waals surface area (Å²) < 4.78 is 5.55. The number of hydrogen-bond acceptors (Lipinski definition) is 6. The molecule has 3 unspecified atom stereocenters. The highest BCUT2D eigenvalue weighted by Gasteiger charge is 2.42. The smallest absolute Gasteiger partial charge is 0.254 e. The molecule has 1 aromatic carbocycles. The van der Waals surface area contributed by atoms with Crippen LogP contribution in [0.5, 0.6) is 0 Å². The fraction of sp³-hybridized carbons (Fsp3) is 0.520. The fourth-order valence-corrected chi connectivity index (χ4v) is 4.95. The van der Waals surface area contributed by atoms with Crippen LogP contribution in [-0.4, -0.2) is 60.1 Å². The van der Waals surface area contributed by atoms with E-state index in [2.05, 4.69) is 40.5 Å². The Morgan fingerprint density at radius 3 is 2.62 bits per heavy atom. The number of hydrogen-bond donors (Lipinski definition) is 2. The standard InChI is InChI=1S/C25H33N5O2/c1-3-18-12-27-25(28-13-18)29-11-10-22(17(2)15-29)30(21-8-9-21)24(31)20-6-4-19(5-7-20)23-14-26-16-32-23/h4-7,12-14,17,21-22,25-27H,3,8-11,15-16H2,1-2H3. The van der Waals surface area contributed by atoms with Crippen molar-refractivity contribution in [1.29, 1.82) is 0 Å². The van der Waals surface area contributed by atoms with Gasteiger partial charge in [0.25, 0.3) is 5.91 Å². The molecule has 5 rings (SSSR count). The first-order valence-electron chi connectivity index (χ1n) is 11.9. The van der Waals surface area contributed by atoms with Gasteiger partial charge in [0.15, 0.2) is 13.0 Å². The first kappa shape index (κ1) is 21.1. The van der Waals surface area contributed by atoms with Crippen LogP contribution in [0.4, 0.5) is 0 Å². The fourth-order valence-electron chi connectivity index (χ4n) is 4.95. The van der Waals surface area contributed by atoms with Gasteiger partial charge in [0.2, 0.25) is 0 Å². The number of nitrogens with zero attached hydrogens (tertiary/aromatic N) is 3. The van der Waals surface area contributed by atoms with Gasteiger partial charge < -0.3 is 20.3 Å². The van der Waals surface area contributed by atoms with Crippen molar-refractivity contribution in [1.82, 2.24) is 20.4 Å². The third kappa shape index (κ3) is 4.26. The number of piperidine rings is 1. The molecule has 170 valence electrons. The van der Waals surface area contributed by atoms with E-state index in [0.29, 0.717) is 18.7 Å². The molecular weight excluding hydrogens is 402 g/mol. The molecule has 1 saturated carbocycles. The summed E-state index contributed by atoms with van der Waals surface area (Å²) in [5.74, 6) is 1.38. The van der Waals surface area contributed by atoms with Gasteiger partial charge in [-0.3, -0.25) is 14.7 Å². The van der Waals surface area contributed by atoms with Gasteiger partial charge >= 0.3 is 0 Å². The van der Waals surface area contributed by atoms with Gasteiger partial charge in [0.1, 0.15) is 5.76 Å². The zero-order valence-electron chi connectivity index (χ0n) is 19.0. The highest BCUT2D eigenvalue weighted by atomic mass is 16.5. The van der Waals surface area contributed by atoms with E-state index in [9.17, 15) is 4.79 Å². The first-order chi connectivity index (χ1) is 15.6. The molecule has 3 aliphatic heterocycles. The number of ether oxygens (including phenoxy) is 1. The number of carbonyl (C=O) groups is 1. The molecule has 3 atom stereocenters. The Balaban J connectivity index is 1.26. The Labute approximate surface area is 190 Å². The van der Waals surface area contributed by atoms with E-state index in [4.69, 9.17) is 9.73 Å². The normalized spacial score (nSPS) is 27.6. The molecule has 2 N–H and O–H groups in total. The Hall–Kier alpha value is -2.80. The van der Waals surface area contributed by atoms with Gasteiger partial charge in [-0.15, -0.1) is 0 Å². The van der Waals surface area contributed by atoms with Crippen molar-refractivity contribution >= 4 is 17.9 Å². The van der Waals surface area contributed by atoms with Crippen LogP contribution in [0.1, 0.15) is 55.5 Å². The highest BCUT2D eigenvalue weighted by Crippen LogP contribution is 2.35. The van der Waals surface area contributed by atoms with E-state index in [1.807, 2.05) is 36.7 Å². The van der Waals surface area contributed by atoms with Crippen molar-refractivity contribution < 1.29 is 9.53 Å². The Morgan fingerprint density at radius 1 is 1.22 bits per heavy atom. The van der Waals surface area contributed by atoms with Crippen LogP contribution in [0.3, 0.4) is 0 Å². The van der Waals surface area contributed by atoms with Gasteiger partial charge in [-0.05, 0) is 49.3 Å². The van der Waals surface area contributed by atoms with E-state index in [1.165, 1.54) is 5.57 Å². The van der Waals surface area contributed by atoms with Crippen molar-refractivity contribution in [3.63, 3.8) is 0 Å². The lowest BCUT2D eigenvalue weighted by molar-refractivity contribution is 0.0287. The summed E-state index contributed by atoms with van der Waals surface area (Å²) in [4.78, 5) is 22.9.